The monoisotopic (exact) mass is 474 g/mol. The van der Waals surface area contributed by atoms with E-state index in [1.807, 2.05) is 0 Å². The van der Waals surface area contributed by atoms with Crippen molar-refractivity contribution in [3.05, 3.63) is 28.7 Å². The molecule has 0 spiro atoms. The molecule has 1 aliphatic carbocycles. The van der Waals surface area contributed by atoms with Crippen LogP contribution in [0.3, 0.4) is 0 Å². The zero-order valence-electron chi connectivity index (χ0n) is 17.4. The van der Waals surface area contributed by atoms with Crippen LogP contribution in [0.25, 0.3) is 0 Å². The Morgan fingerprint density at radius 2 is 1.57 bits per heavy atom. The molecule has 0 amide bonds. The van der Waals surface area contributed by atoms with Crippen LogP contribution in [-0.4, -0.2) is 64.1 Å². The van der Waals surface area contributed by atoms with Gasteiger partial charge in [0.1, 0.15) is 0 Å². The van der Waals surface area contributed by atoms with Crippen LogP contribution in [0.2, 0.25) is 0 Å². The molecule has 1 fully saturated rings. The molecule has 0 heterocycles. The van der Waals surface area contributed by atoms with Crippen LogP contribution in [-0.2, 0) is 14.8 Å². The van der Waals surface area contributed by atoms with E-state index in [9.17, 15) is 8.42 Å². The largest absolute Gasteiger partial charge is 0.378 e. The quantitative estimate of drug-likeness (QED) is 0.442. The summed E-state index contributed by atoms with van der Waals surface area (Å²) in [6, 6.07) is 6.91. The number of hydrogen-bond donors (Lipinski definition) is 0. The van der Waals surface area contributed by atoms with Crippen molar-refractivity contribution in [2.45, 2.75) is 68.4 Å². The highest BCUT2D eigenvalue weighted by Gasteiger charge is 2.31. The molecule has 0 atom stereocenters. The van der Waals surface area contributed by atoms with Gasteiger partial charge < -0.3 is 9.64 Å². The van der Waals surface area contributed by atoms with E-state index in [-0.39, 0.29) is 12.1 Å². The van der Waals surface area contributed by atoms with Crippen LogP contribution >= 0.6 is 15.9 Å². The van der Waals surface area contributed by atoms with Gasteiger partial charge in [-0.1, -0.05) is 28.8 Å². The van der Waals surface area contributed by atoms with E-state index in [0.717, 1.165) is 49.7 Å². The van der Waals surface area contributed by atoms with Crippen molar-refractivity contribution < 1.29 is 13.2 Å². The first kappa shape index (κ1) is 23.8. The van der Waals surface area contributed by atoms with E-state index in [1.54, 1.807) is 35.6 Å². The third-order valence-corrected chi connectivity index (χ3v) is 7.95. The summed E-state index contributed by atoms with van der Waals surface area (Å²) in [6.45, 7) is 1.98. The first-order valence-electron chi connectivity index (χ1n) is 10.3. The highest BCUT2D eigenvalue weighted by atomic mass is 79.9. The lowest BCUT2D eigenvalue weighted by Gasteiger charge is -2.34. The number of rotatable bonds is 11. The Balaban J connectivity index is 1.69. The van der Waals surface area contributed by atoms with Crippen molar-refractivity contribution in [3.8, 4) is 0 Å². The summed E-state index contributed by atoms with van der Waals surface area (Å²) in [7, 11) is 2.49. The normalized spacial score (nSPS) is 20.8. The minimum Gasteiger partial charge on any atom is -0.378 e. The summed E-state index contributed by atoms with van der Waals surface area (Å²) in [4.78, 5) is 2.58. The van der Waals surface area contributed by atoms with Gasteiger partial charge in [-0.05, 0) is 83.4 Å². The fourth-order valence-electron chi connectivity index (χ4n) is 3.68. The molecule has 0 radical (unpaired) electrons. The minimum absolute atomic E-state index is 0.0551. The zero-order chi connectivity index (χ0) is 20.6. The number of halogens is 1. The van der Waals surface area contributed by atoms with Crippen LogP contribution < -0.4 is 0 Å². The maximum atomic E-state index is 12.8. The van der Waals surface area contributed by atoms with Gasteiger partial charge in [-0.2, -0.15) is 4.31 Å². The van der Waals surface area contributed by atoms with E-state index in [4.69, 9.17) is 4.74 Å². The molecule has 0 aromatic heterocycles. The standard InChI is InChI=1S/C21H35BrN2O3S/c1-23(2)16-6-4-5-7-17-27-20-12-10-19(11-13-20)24(3)28(25,26)21-14-8-18(22)9-15-21/h8-9,14-15,19-20H,4-7,10-13,16-17H2,1-3H3. The predicted octanol–water partition coefficient (Wildman–Crippen LogP) is 4.52. The van der Waals surface area contributed by atoms with Crippen molar-refractivity contribution in [2.75, 3.05) is 34.3 Å². The van der Waals surface area contributed by atoms with E-state index in [0.29, 0.717) is 4.90 Å². The van der Waals surface area contributed by atoms with E-state index < -0.39 is 10.0 Å². The average molecular weight is 475 g/mol. The minimum atomic E-state index is -3.44. The summed E-state index contributed by atoms with van der Waals surface area (Å²) in [6.07, 6.45) is 8.71. The number of ether oxygens (including phenoxy) is 1. The summed E-state index contributed by atoms with van der Waals surface area (Å²) in [5.41, 5.74) is 0. The summed E-state index contributed by atoms with van der Waals surface area (Å²) in [5, 5.41) is 0. The van der Waals surface area contributed by atoms with Gasteiger partial charge in [0.15, 0.2) is 0 Å². The van der Waals surface area contributed by atoms with E-state index >= 15 is 0 Å². The second-order valence-corrected chi connectivity index (χ2v) is 10.9. The molecular weight excluding hydrogens is 440 g/mol. The number of sulfonamides is 1. The number of hydrogen-bond acceptors (Lipinski definition) is 4. The van der Waals surface area contributed by atoms with E-state index in [1.165, 1.54) is 19.3 Å². The lowest BCUT2D eigenvalue weighted by Crippen LogP contribution is -2.40. The fourth-order valence-corrected chi connectivity index (χ4v) is 5.36. The molecule has 0 aliphatic heterocycles. The maximum absolute atomic E-state index is 12.8. The molecule has 5 nitrogen and oxygen atoms in total. The number of benzene rings is 1. The first-order chi connectivity index (χ1) is 13.3. The topological polar surface area (TPSA) is 49.9 Å². The molecule has 0 bridgehead atoms. The molecule has 0 saturated heterocycles. The van der Waals surface area contributed by atoms with Crippen LogP contribution in [0.4, 0.5) is 0 Å². The van der Waals surface area contributed by atoms with Gasteiger partial charge >= 0.3 is 0 Å². The van der Waals surface area contributed by atoms with Gasteiger partial charge in [-0.25, -0.2) is 8.42 Å². The number of unbranched alkanes of at least 4 members (excludes halogenated alkanes) is 3. The van der Waals surface area contributed by atoms with E-state index in [2.05, 4.69) is 34.9 Å². The molecule has 1 aromatic carbocycles. The van der Waals surface area contributed by atoms with Crippen LogP contribution in [0, 0.1) is 0 Å². The molecule has 1 saturated carbocycles. The number of nitrogens with zero attached hydrogens (tertiary/aromatic N) is 2. The second-order valence-electron chi connectivity index (χ2n) is 7.99. The Morgan fingerprint density at radius 3 is 2.18 bits per heavy atom. The lowest BCUT2D eigenvalue weighted by atomic mass is 9.93. The molecule has 160 valence electrons. The van der Waals surface area contributed by atoms with Crippen LogP contribution in [0.5, 0.6) is 0 Å². The van der Waals surface area contributed by atoms with Gasteiger partial charge in [0.05, 0.1) is 11.0 Å². The maximum Gasteiger partial charge on any atom is 0.243 e. The zero-order valence-corrected chi connectivity index (χ0v) is 19.8. The van der Waals surface area contributed by atoms with Crippen molar-refractivity contribution in [2.24, 2.45) is 0 Å². The van der Waals surface area contributed by atoms with Gasteiger partial charge in [-0.3, -0.25) is 0 Å². The molecule has 2 rings (SSSR count). The molecular formula is C21H35BrN2O3S. The SMILES string of the molecule is CN(C)CCCCCCOC1CCC(N(C)S(=O)(=O)c2ccc(Br)cc2)CC1. The first-order valence-corrected chi connectivity index (χ1v) is 12.5. The van der Waals surface area contributed by atoms with Crippen LogP contribution in [0.15, 0.2) is 33.6 Å². The van der Waals surface area contributed by atoms with Gasteiger partial charge in [-0.15, -0.1) is 0 Å². The smallest absolute Gasteiger partial charge is 0.243 e. The van der Waals surface area contributed by atoms with Crippen LogP contribution in [0.1, 0.15) is 51.4 Å². The highest BCUT2D eigenvalue weighted by Crippen LogP contribution is 2.28. The molecule has 1 aliphatic rings. The summed E-state index contributed by atoms with van der Waals surface area (Å²) in [5.74, 6) is 0. The molecule has 1 aromatic rings. The molecule has 28 heavy (non-hydrogen) atoms. The molecule has 0 N–H and O–H groups in total. The third kappa shape index (κ3) is 7.41. The summed E-state index contributed by atoms with van der Waals surface area (Å²) < 4.78 is 34.2. The lowest BCUT2D eigenvalue weighted by molar-refractivity contribution is 0.0156. The van der Waals surface area contributed by atoms with Crippen molar-refractivity contribution in [1.29, 1.82) is 0 Å². The van der Waals surface area contributed by atoms with Crippen molar-refractivity contribution in [1.82, 2.24) is 9.21 Å². The molecule has 7 heteroatoms. The third-order valence-electron chi connectivity index (χ3n) is 5.50. The second kappa shape index (κ2) is 11.6. The van der Waals surface area contributed by atoms with Crippen molar-refractivity contribution in [3.63, 3.8) is 0 Å². The average Bonchev–Trinajstić information content (AvgIpc) is 2.67. The Morgan fingerprint density at radius 1 is 0.964 bits per heavy atom. The fraction of sp³-hybridized carbons (Fsp3) is 0.714. The summed E-state index contributed by atoms with van der Waals surface area (Å²) >= 11 is 3.35. The Kier molecular flexibility index (Phi) is 9.90. The van der Waals surface area contributed by atoms with Gasteiger partial charge in [0.2, 0.25) is 10.0 Å². The van der Waals surface area contributed by atoms with Crippen molar-refractivity contribution >= 4 is 26.0 Å². The van der Waals surface area contributed by atoms with Gasteiger partial charge in [0.25, 0.3) is 0 Å². The highest BCUT2D eigenvalue weighted by molar-refractivity contribution is 9.10. The predicted molar refractivity (Wildman–Crippen MR) is 118 cm³/mol. The Bertz CT molecular complexity index is 671. The van der Waals surface area contributed by atoms with Gasteiger partial charge in [0, 0.05) is 24.2 Å². The Labute approximate surface area is 179 Å². The molecule has 0 unspecified atom stereocenters. The Hall–Kier alpha value is -0.470.